The Morgan fingerprint density at radius 2 is 2.27 bits per heavy atom. The molecule has 0 aromatic heterocycles. The molecule has 1 radical (unpaired) electrons. The van der Waals surface area contributed by atoms with E-state index in [9.17, 15) is 5.11 Å². The summed E-state index contributed by atoms with van der Waals surface area (Å²) in [6, 6.07) is 4.16. The Balaban J connectivity index is 0.00000156. The lowest BCUT2D eigenvalue weighted by Gasteiger charge is -2.44. The molecule has 1 aliphatic carbocycles. The van der Waals surface area contributed by atoms with Crippen molar-refractivity contribution in [1.29, 1.82) is 0 Å². The van der Waals surface area contributed by atoms with E-state index in [1.807, 2.05) is 12.1 Å². The van der Waals surface area contributed by atoms with Crippen LogP contribution >= 0.6 is 0 Å². The molecule has 0 saturated heterocycles. The first-order valence-corrected chi connectivity index (χ1v) is 7.94. The third-order valence-electron chi connectivity index (χ3n) is 5.67. The molecule has 119 valence electrons. The number of nitrogens with zero attached hydrogens (tertiary/aromatic N) is 1. The lowest BCUT2D eigenvalue weighted by atomic mass is 9.62. The van der Waals surface area contributed by atoms with Gasteiger partial charge in [-0.2, -0.15) is 0 Å². The van der Waals surface area contributed by atoms with E-state index in [0.29, 0.717) is 6.42 Å². The van der Waals surface area contributed by atoms with Crippen molar-refractivity contribution >= 4 is 0 Å². The van der Waals surface area contributed by atoms with Gasteiger partial charge < -0.3 is 19.5 Å². The second kappa shape index (κ2) is 4.49. The molecular formula is C18H24NO3. The number of methoxy groups -OCH3 is 1. The van der Waals surface area contributed by atoms with Gasteiger partial charge in [-0.1, -0.05) is 18.2 Å². The van der Waals surface area contributed by atoms with Crippen LogP contribution in [0.25, 0.3) is 0 Å². The van der Waals surface area contributed by atoms with E-state index >= 15 is 0 Å². The molecule has 4 heteroatoms. The molecule has 0 bridgehead atoms. The number of hydrogen-bond acceptors (Lipinski definition) is 4. The van der Waals surface area contributed by atoms with Crippen molar-refractivity contribution in [3.63, 3.8) is 0 Å². The quantitative estimate of drug-likeness (QED) is 0.809. The van der Waals surface area contributed by atoms with Gasteiger partial charge in [-0.3, -0.25) is 0 Å². The molecule has 3 aliphatic rings. The molecule has 1 unspecified atom stereocenters. The molecule has 1 spiro atoms. The minimum atomic E-state index is -0.444. The van der Waals surface area contributed by atoms with Crippen molar-refractivity contribution in [3.05, 3.63) is 35.4 Å². The Labute approximate surface area is 132 Å². The smallest absolute Gasteiger partial charge is 0.166 e. The Bertz CT molecular complexity index is 662. The van der Waals surface area contributed by atoms with E-state index in [4.69, 9.17) is 9.47 Å². The average Bonchev–Trinajstić information content (AvgIpc) is 2.64. The summed E-state index contributed by atoms with van der Waals surface area (Å²) in [4.78, 5) is 2.36. The van der Waals surface area contributed by atoms with E-state index in [0.717, 1.165) is 31.0 Å². The van der Waals surface area contributed by atoms with Crippen molar-refractivity contribution in [2.45, 2.75) is 43.4 Å². The van der Waals surface area contributed by atoms with Gasteiger partial charge in [0.1, 0.15) is 5.60 Å². The monoisotopic (exact) mass is 302 g/mol. The van der Waals surface area contributed by atoms with Crippen LogP contribution in [0, 0.1) is 0 Å². The van der Waals surface area contributed by atoms with E-state index in [1.165, 1.54) is 11.1 Å². The fourth-order valence-corrected chi connectivity index (χ4v) is 4.50. The van der Waals surface area contributed by atoms with Crippen LogP contribution in [0.2, 0.25) is 0 Å². The Morgan fingerprint density at radius 1 is 1.45 bits per heavy atom. The van der Waals surface area contributed by atoms with E-state index < -0.39 is 11.7 Å². The summed E-state index contributed by atoms with van der Waals surface area (Å²) < 4.78 is 12.0. The van der Waals surface area contributed by atoms with Crippen LogP contribution < -0.4 is 9.47 Å². The highest BCUT2D eigenvalue weighted by molar-refractivity contribution is 5.62. The van der Waals surface area contributed by atoms with Crippen molar-refractivity contribution in [3.8, 4) is 11.5 Å². The molecule has 4 nitrogen and oxygen atoms in total. The maximum Gasteiger partial charge on any atom is 0.166 e. The molecule has 0 saturated carbocycles. The summed E-state index contributed by atoms with van der Waals surface area (Å²) >= 11 is 0. The van der Waals surface area contributed by atoms with Crippen LogP contribution in [0.3, 0.4) is 0 Å². The topological polar surface area (TPSA) is 41.9 Å². The molecule has 0 amide bonds. The molecule has 2 heterocycles. The molecule has 22 heavy (non-hydrogen) atoms. The summed E-state index contributed by atoms with van der Waals surface area (Å²) in [6.07, 6.45) is 5.30. The van der Waals surface area contributed by atoms with Gasteiger partial charge in [0, 0.05) is 20.0 Å². The van der Waals surface area contributed by atoms with Crippen molar-refractivity contribution in [2.24, 2.45) is 0 Å². The normalized spacial score (nSPS) is 36.3. The Kier molecular flexibility index (Phi) is 2.88. The first kappa shape index (κ1) is 14.1. The van der Waals surface area contributed by atoms with Gasteiger partial charge in [-0.25, -0.2) is 0 Å². The van der Waals surface area contributed by atoms with Gasteiger partial charge >= 0.3 is 0 Å². The largest absolute Gasteiger partial charge is 0.493 e. The molecule has 3 atom stereocenters. The maximum atomic E-state index is 10.1. The maximum absolute atomic E-state index is 10.1. The van der Waals surface area contributed by atoms with Crippen LogP contribution in [0.1, 0.15) is 32.3 Å². The molecule has 1 aromatic rings. The zero-order chi connectivity index (χ0) is 15.5. The highest BCUT2D eigenvalue weighted by atomic mass is 16.5. The first-order valence-electron chi connectivity index (χ1n) is 7.94. The number of ether oxygens (including phenoxy) is 2. The zero-order valence-corrected chi connectivity index (χ0v) is 13.4. The third kappa shape index (κ3) is 1.65. The predicted molar refractivity (Wildman–Crippen MR) is 85.5 cm³/mol. The third-order valence-corrected chi connectivity index (χ3v) is 5.67. The number of hydrogen-bond donors (Lipinski definition) is 1. The standard InChI is InChI=1S/C18H23NO3.H/c1-17-10-13(20)6-7-18(17)8-9-19(2)11-12-4-5-14(21-3)16(22-17)15(12)18;/h4-7,13,20H,8-11H2,1-3H3;/t13-,17-,18?;/m1./s1. The van der Waals surface area contributed by atoms with E-state index in [1.54, 1.807) is 7.11 Å². The number of rotatable bonds is 1. The minimum Gasteiger partial charge on any atom is -0.493 e. The minimum absolute atomic E-state index is 0. The van der Waals surface area contributed by atoms with Gasteiger partial charge in [0.05, 0.1) is 18.6 Å². The first-order chi connectivity index (χ1) is 10.5. The highest BCUT2D eigenvalue weighted by Gasteiger charge is 2.60. The molecular weight excluding hydrogens is 278 g/mol. The molecule has 1 aromatic carbocycles. The number of aliphatic hydroxyl groups is 1. The van der Waals surface area contributed by atoms with Crippen LogP contribution in [-0.4, -0.2) is 42.4 Å². The van der Waals surface area contributed by atoms with Crippen molar-refractivity contribution < 1.29 is 16.0 Å². The van der Waals surface area contributed by atoms with E-state index in [-0.39, 0.29) is 6.84 Å². The summed E-state index contributed by atoms with van der Waals surface area (Å²) in [5.41, 5.74) is 1.98. The average molecular weight is 302 g/mol. The second-order valence-electron chi connectivity index (χ2n) is 7.05. The van der Waals surface area contributed by atoms with Crippen LogP contribution in [-0.2, 0) is 12.0 Å². The molecule has 1 N–H and O–H groups in total. The zero-order valence-electron chi connectivity index (χ0n) is 14.4. The fourth-order valence-electron chi connectivity index (χ4n) is 4.50. The summed E-state index contributed by atoms with van der Waals surface area (Å²) in [7, 11) is 3.85. The second-order valence-corrected chi connectivity index (χ2v) is 7.05. The molecule has 0 fully saturated rings. The molecule has 2 aliphatic heterocycles. The van der Waals surface area contributed by atoms with Gasteiger partial charge in [0.25, 0.3) is 0 Å². The summed E-state index contributed by atoms with van der Waals surface area (Å²) in [5, 5.41) is 10.1. The summed E-state index contributed by atoms with van der Waals surface area (Å²) in [6.45, 7) is 4.06. The van der Waals surface area contributed by atoms with Gasteiger partial charge in [-0.05, 0) is 38.6 Å². The number of benzene rings is 1. The van der Waals surface area contributed by atoms with Gasteiger partial charge in [0.2, 0.25) is 0 Å². The Hall–Kier alpha value is -1.52. The lowest BCUT2D eigenvalue weighted by molar-refractivity contribution is -0.00138. The van der Waals surface area contributed by atoms with Crippen LogP contribution in [0.15, 0.2) is 24.3 Å². The van der Waals surface area contributed by atoms with Gasteiger partial charge in [0.15, 0.2) is 11.5 Å². The highest BCUT2D eigenvalue weighted by Crippen LogP contribution is 2.60. The number of aliphatic hydroxyl groups excluding tert-OH is 1. The lowest BCUT2D eigenvalue weighted by Crippen LogP contribution is -2.52. The molecule has 4 rings (SSSR count). The van der Waals surface area contributed by atoms with Gasteiger partial charge in [-0.15, -0.1) is 0 Å². The summed E-state index contributed by atoms with van der Waals surface area (Å²) in [5.74, 6) is 1.66. The fraction of sp³-hybridized carbons (Fsp3) is 0.556. The van der Waals surface area contributed by atoms with Crippen LogP contribution in [0.5, 0.6) is 11.5 Å². The SMILES string of the molecule is COc1ccc2c3c1O[C@]1(C)C[C@H](O)C=CC31CCN(C)C2.[H]. The van der Waals surface area contributed by atoms with E-state index in [2.05, 4.69) is 31.0 Å². The Morgan fingerprint density at radius 3 is 3.05 bits per heavy atom. The predicted octanol–water partition coefficient (Wildman–Crippen LogP) is 2.35. The van der Waals surface area contributed by atoms with Crippen molar-refractivity contribution in [1.82, 2.24) is 4.90 Å². The van der Waals surface area contributed by atoms with Crippen LogP contribution in [0.4, 0.5) is 0 Å². The van der Waals surface area contributed by atoms with Crippen molar-refractivity contribution in [2.75, 3.05) is 20.7 Å².